The van der Waals surface area contributed by atoms with Crippen LogP contribution in [0, 0.1) is 5.82 Å². The van der Waals surface area contributed by atoms with Crippen LogP contribution in [0.2, 0.25) is 5.02 Å². The summed E-state index contributed by atoms with van der Waals surface area (Å²) in [4.78, 5) is 29.2. The molecule has 3 heterocycles. The summed E-state index contributed by atoms with van der Waals surface area (Å²) in [6, 6.07) is 7.67. The second-order valence-electron chi connectivity index (χ2n) is 7.37. The van der Waals surface area contributed by atoms with E-state index in [0.717, 1.165) is 11.4 Å². The van der Waals surface area contributed by atoms with Crippen molar-refractivity contribution in [3.8, 4) is 0 Å². The molecular weight excluding hydrogens is 409 g/mol. The highest BCUT2D eigenvalue weighted by atomic mass is 35.5. The first-order valence-electron chi connectivity index (χ1n) is 9.78. The van der Waals surface area contributed by atoms with Crippen molar-refractivity contribution in [1.29, 1.82) is 0 Å². The van der Waals surface area contributed by atoms with Gasteiger partial charge in [0.2, 0.25) is 5.91 Å². The van der Waals surface area contributed by atoms with Crippen molar-refractivity contribution in [2.45, 2.75) is 44.8 Å². The lowest BCUT2D eigenvalue weighted by Crippen LogP contribution is -2.36. The van der Waals surface area contributed by atoms with Crippen LogP contribution in [-0.2, 0) is 30.7 Å². The van der Waals surface area contributed by atoms with Gasteiger partial charge in [0, 0.05) is 36.4 Å². The van der Waals surface area contributed by atoms with E-state index in [2.05, 4.69) is 15.4 Å². The van der Waals surface area contributed by atoms with E-state index in [0.29, 0.717) is 37.9 Å². The molecule has 156 valence electrons. The number of hydrogen-bond donors (Lipinski definition) is 1. The molecule has 0 bridgehead atoms. The monoisotopic (exact) mass is 429 g/mol. The van der Waals surface area contributed by atoms with E-state index in [1.54, 1.807) is 17.0 Å². The first kappa shape index (κ1) is 20.3. The molecule has 1 atom stereocenters. The highest BCUT2D eigenvalue weighted by Crippen LogP contribution is 2.18. The molecule has 1 aliphatic heterocycles. The molecular formula is C21H21ClFN5O2. The van der Waals surface area contributed by atoms with E-state index < -0.39 is 5.82 Å². The van der Waals surface area contributed by atoms with Crippen LogP contribution >= 0.6 is 11.6 Å². The molecule has 0 spiro atoms. The smallest absolute Gasteiger partial charge is 0.346 e. The maximum Gasteiger partial charge on any atom is 0.346 e. The Bertz CT molecular complexity index is 1110. The number of aryl methyl sites for hydroxylation is 1. The lowest BCUT2D eigenvalue weighted by atomic mass is 10.1. The lowest BCUT2D eigenvalue weighted by molar-refractivity contribution is -0.121. The van der Waals surface area contributed by atoms with Crippen LogP contribution in [0.25, 0.3) is 0 Å². The third-order valence-corrected chi connectivity index (χ3v) is 5.56. The Morgan fingerprint density at radius 1 is 1.30 bits per heavy atom. The normalized spacial score (nSPS) is 16.0. The molecule has 7 nitrogen and oxygen atoms in total. The van der Waals surface area contributed by atoms with Gasteiger partial charge in [-0.3, -0.25) is 14.3 Å². The predicted octanol–water partition coefficient (Wildman–Crippen LogP) is 2.34. The number of pyridine rings is 1. The number of carbonyl (C=O) groups excluding carboxylic acids is 1. The predicted molar refractivity (Wildman–Crippen MR) is 110 cm³/mol. The number of nitrogens with zero attached hydrogens (tertiary/aromatic N) is 4. The maximum absolute atomic E-state index is 13.2. The summed E-state index contributed by atoms with van der Waals surface area (Å²) >= 11 is 6.01. The summed E-state index contributed by atoms with van der Waals surface area (Å²) in [5.41, 5.74) is 1.34. The summed E-state index contributed by atoms with van der Waals surface area (Å²) in [6.45, 7) is 0.870. The molecule has 1 amide bonds. The highest BCUT2D eigenvalue weighted by Gasteiger charge is 2.22. The van der Waals surface area contributed by atoms with Crippen molar-refractivity contribution in [1.82, 2.24) is 24.6 Å². The van der Waals surface area contributed by atoms with Gasteiger partial charge >= 0.3 is 5.69 Å². The van der Waals surface area contributed by atoms with Gasteiger partial charge in [-0.25, -0.2) is 13.9 Å². The number of amides is 1. The van der Waals surface area contributed by atoms with Crippen molar-refractivity contribution < 1.29 is 9.18 Å². The van der Waals surface area contributed by atoms with Gasteiger partial charge in [0.05, 0.1) is 13.0 Å². The van der Waals surface area contributed by atoms with Crippen LogP contribution in [0.15, 0.2) is 47.5 Å². The van der Waals surface area contributed by atoms with Gasteiger partial charge in [-0.05, 0) is 42.2 Å². The van der Waals surface area contributed by atoms with Crippen molar-refractivity contribution in [3.05, 3.63) is 81.0 Å². The molecule has 0 saturated heterocycles. The molecule has 1 unspecified atom stereocenters. The minimum atomic E-state index is -0.434. The Morgan fingerprint density at radius 2 is 2.17 bits per heavy atom. The fraction of sp³-hybridized carbons (Fsp3) is 0.333. The summed E-state index contributed by atoms with van der Waals surface area (Å²) < 4.78 is 16.3. The summed E-state index contributed by atoms with van der Waals surface area (Å²) in [5.74, 6) is 0.112. The quantitative estimate of drug-likeness (QED) is 0.675. The number of rotatable bonds is 5. The minimum Gasteiger partial charge on any atom is -0.353 e. The van der Waals surface area contributed by atoms with Crippen molar-refractivity contribution in [2.24, 2.45) is 0 Å². The highest BCUT2D eigenvalue weighted by molar-refractivity contribution is 6.31. The maximum atomic E-state index is 13.2. The molecule has 0 radical (unpaired) electrons. The number of halogens is 2. The van der Waals surface area contributed by atoms with Gasteiger partial charge in [-0.1, -0.05) is 23.7 Å². The zero-order chi connectivity index (χ0) is 21.1. The molecule has 1 aliphatic rings. The molecule has 4 rings (SSSR count). The molecule has 3 aromatic rings. The molecule has 0 aliphatic carbocycles. The van der Waals surface area contributed by atoms with Gasteiger partial charge in [0.1, 0.15) is 11.6 Å². The summed E-state index contributed by atoms with van der Waals surface area (Å²) in [7, 11) is 0. The third-order valence-electron chi connectivity index (χ3n) is 5.20. The Labute approximate surface area is 177 Å². The second-order valence-corrected chi connectivity index (χ2v) is 7.78. The van der Waals surface area contributed by atoms with Crippen LogP contribution in [0.4, 0.5) is 4.39 Å². The van der Waals surface area contributed by atoms with Crippen LogP contribution in [-0.4, -0.2) is 31.3 Å². The van der Waals surface area contributed by atoms with Crippen molar-refractivity contribution in [2.75, 3.05) is 0 Å². The first-order valence-corrected chi connectivity index (χ1v) is 10.2. The fourth-order valence-electron chi connectivity index (χ4n) is 3.66. The first-order chi connectivity index (χ1) is 14.5. The zero-order valence-corrected chi connectivity index (χ0v) is 17.0. The standard InChI is InChI=1S/C21H21ClFN5O2/c22-18-11-16(23)4-3-15(18)10-20(29)25-17-5-6-19-26-28(21(30)27(19)9-7-17)13-14-2-1-8-24-12-14/h1-4,8,11-12,17H,5-7,9-10,13H2,(H,25,29). The topological polar surface area (TPSA) is 81.8 Å². The van der Waals surface area contributed by atoms with Gasteiger partial charge < -0.3 is 5.32 Å². The molecule has 30 heavy (non-hydrogen) atoms. The number of aromatic nitrogens is 4. The lowest BCUT2D eigenvalue weighted by Gasteiger charge is -2.16. The van der Waals surface area contributed by atoms with Crippen molar-refractivity contribution >= 4 is 17.5 Å². The number of carbonyl (C=O) groups is 1. The molecule has 0 fully saturated rings. The third kappa shape index (κ3) is 4.59. The Kier molecular flexibility index (Phi) is 5.94. The average Bonchev–Trinajstić information content (AvgIpc) is 2.88. The van der Waals surface area contributed by atoms with Crippen molar-refractivity contribution in [3.63, 3.8) is 0 Å². The molecule has 1 aromatic carbocycles. The summed E-state index contributed by atoms with van der Waals surface area (Å²) in [5, 5.41) is 7.72. The largest absolute Gasteiger partial charge is 0.353 e. The Hall–Kier alpha value is -3.00. The molecule has 2 aromatic heterocycles. The summed E-state index contributed by atoms with van der Waals surface area (Å²) in [6.07, 6.45) is 5.40. The number of nitrogens with one attached hydrogen (secondary N) is 1. The SMILES string of the molecule is O=C(Cc1ccc(F)cc1Cl)NC1CCc2nn(Cc3cccnc3)c(=O)n2CC1. The van der Waals surface area contributed by atoms with Gasteiger partial charge in [-0.2, -0.15) is 5.10 Å². The van der Waals surface area contributed by atoms with E-state index in [1.165, 1.54) is 22.9 Å². The van der Waals surface area contributed by atoms with Gasteiger partial charge in [0.25, 0.3) is 0 Å². The van der Waals surface area contributed by atoms with E-state index in [4.69, 9.17) is 11.6 Å². The van der Waals surface area contributed by atoms with Crippen LogP contribution in [0.5, 0.6) is 0 Å². The van der Waals surface area contributed by atoms with E-state index in [9.17, 15) is 14.0 Å². The minimum absolute atomic E-state index is 0.0652. The van der Waals surface area contributed by atoms with E-state index in [1.807, 2.05) is 12.1 Å². The Balaban J connectivity index is 1.37. The fourth-order valence-corrected chi connectivity index (χ4v) is 3.89. The van der Waals surface area contributed by atoms with Gasteiger partial charge in [-0.15, -0.1) is 0 Å². The van der Waals surface area contributed by atoms with E-state index >= 15 is 0 Å². The number of hydrogen-bond acceptors (Lipinski definition) is 4. The zero-order valence-electron chi connectivity index (χ0n) is 16.2. The molecule has 1 N–H and O–H groups in total. The van der Waals surface area contributed by atoms with Crippen LogP contribution in [0.1, 0.15) is 29.8 Å². The number of benzene rings is 1. The second kappa shape index (κ2) is 8.79. The molecule has 0 saturated carbocycles. The van der Waals surface area contributed by atoms with Gasteiger partial charge in [0.15, 0.2) is 0 Å². The number of fused-ring (bicyclic) bond motifs is 1. The van der Waals surface area contributed by atoms with Crippen LogP contribution in [0.3, 0.4) is 0 Å². The van der Waals surface area contributed by atoms with Crippen LogP contribution < -0.4 is 11.0 Å². The Morgan fingerprint density at radius 3 is 2.93 bits per heavy atom. The van der Waals surface area contributed by atoms with E-state index in [-0.39, 0.29) is 29.1 Å². The average molecular weight is 430 g/mol. The molecule has 9 heteroatoms.